The zero-order valence-corrected chi connectivity index (χ0v) is 11.2. The van der Waals surface area contributed by atoms with Crippen LogP contribution < -0.4 is 5.73 Å². The molecule has 1 fully saturated rings. The Morgan fingerprint density at radius 2 is 2.05 bits per heavy atom. The van der Waals surface area contributed by atoms with Crippen molar-refractivity contribution in [3.05, 3.63) is 33.9 Å². The first-order valence-corrected chi connectivity index (χ1v) is 6.36. The zero-order valence-electron chi connectivity index (χ0n) is 11.2. The van der Waals surface area contributed by atoms with Gasteiger partial charge in [0.05, 0.1) is 10.5 Å². The van der Waals surface area contributed by atoms with E-state index in [4.69, 9.17) is 5.73 Å². The monoisotopic (exact) mass is 279 g/mol. The van der Waals surface area contributed by atoms with Crippen molar-refractivity contribution in [3.63, 3.8) is 0 Å². The Morgan fingerprint density at radius 1 is 1.45 bits per heavy atom. The molecular weight excluding hydrogens is 262 g/mol. The second-order valence-electron chi connectivity index (χ2n) is 5.32. The highest BCUT2D eigenvalue weighted by Crippen LogP contribution is 2.26. The van der Waals surface area contributed by atoms with Crippen LogP contribution in [0.3, 0.4) is 0 Å². The van der Waals surface area contributed by atoms with Crippen LogP contribution in [0.4, 0.5) is 11.4 Å². The van der Waals surface area contributed by atoms with Crippen LogP contribution in [0.15, 0.2) is 18.2 Å². The Kier molecular flexibility index (Phi) is 3.63. The van der Waals surface area contributed by atoms with E-state index >= 15 is 0 Å². The van der Waals surface area contributed by atoms with Crippen LogP contribution in [0.2, 0.25) is 0 Å². The molecule has 0 atom stereocenters. The number of likely N-dealkylation sites (tertiary alicyclic amines) is 1. The minimum atomic E-state index is -0.779. The van der Waals surface area contributed by atoms with E-state index in [1.54, 1.807) is 6.92 Å². The summed E-state index contributed by atoms with van der Waals surface area (Å²) < 4.78 is 0. The van der Waals surface area contributed by atoms with Gasteiger partial charge in [0.25, 0.3) is 11.6 Å². The highest BCUT2D eigenvalue weighted by molar-refractivity contribution is 5.99. The summed E-state index contributed by atoms with van der Waals surface area (Å²) in [5.74, 6) is -0.417. The van der Waals surface area contributed by atoms with Gasteiger partial charge in [-0.1, -0.05) is 0 Å². The van der Waals surface area contributed by atoms with Gasteiger partial charge in [0.2, 0.25) is 0 Å². The molecule has 7 heteroatoms. The van der Waals surface area contributed by atoms with E-state index in [9.17, 15) is 20.0 Å². The summed E-state index contributed by atoms with van der Waals surface area (Å²) in [6.07, 6.45) is 0.906. The molecule has 0 radical (unpaired) electrons. The molecule has 1 aromatic carbocycles. The van der Waals surface area contributed by atoms with Gasteiger partial charge in [0.1, 0.15) is 5.56 Å². The molecule has 0 unspecified atom stereocenters. The highest BCUT2D eigenvalue weighted by atomic mass is 16.6. The molecule has 1 aliphatic heterocycles. The van der Waals surface area contributed by atoms with Gasteiger partial charge in [-0.25, -0.2) is 0 Å². The maximum atomic E-state index is 12.4. The highest BCUT2D eigenvalue weighted by Gasteiger charge is 2.32. The van der Waals surface area contributed by atoms with Gasteiger partial charge in [-0.3, -0.25) is 14.9 Å². The topological polar surface area (TPSA) is 110 Å². The molecule has 1 heterocycles. The number of carbonyl (C=O) groups excluding carboxylic acids is 1. The fourth-order valence-electron chi connectivity index (χ4n) is 2.25. The summed E-state index contributed by atoms with van der Waals surface area (Å²) in [6.45, 7) is 2.47. The lowest BCUT2D eigenvalue weighted by Crippen LogP contribution is -2.45. The lowest BCUT2D eigenvalue weighted by Gasteiger charge is -2.35. The number of nitrogens with zero attached hydrogens (tertiary/aromatic N) is 2. The molecular formula is C13H17N3O4. The molecule has 3 N–H and O–H groups in total. The Balaban J connectivity index is 2.25. The molecule has 0 saturated carbocycles. The van der Waals surface area contributed by atoms with Gasteiger partial charge in [0, 0.05) is 24.8 Å². The van der Waals surface area contributed by atoms with E-state index in [0.717, 1.165) is 0 Å². The zero-order chi connectivity index (χ0) is 14.9. The third-order valence-electron chi connectivity index (χ3n) is 3.58. The average molecular weight is 279 g/mol. The Bertz CT molecular complexity index is 547. The summed E-state index contributed by atoms with van der Waals surface area (Å²) in [7, 11) is 0. The fourth-order valence-corrected chi connectivity index (χ4v) is 2.25. The first-order chi connectivity index (χ1) is 9.30. The first-order valence-electron chi connectivity index (χ1n) is 6.36. The van der Waals surface area contributed by atoms with Crippen molar-refractivity contribution in [1.82, 2.24) is 4.90 Å². The molecule has 0 spiro atoms. The number of hydrogen-bond acceptors (Lipinski definition) is 5. The Labute approximate surface area is 116 Å². The number of rotatable bonds is 2. The number of nitro benzene ring substituents is 1. The van der Waals surface area contributed by atoms with E-state index in [0.29, 0.717) is 31.6 Å². The van der Waals surface area contributed by atoms with Crippen molar-refractivity contribution in [1.29, 1.82) is 0 Å². The third-order valence-corrected chi connectivity index (χ3v) is 3.58. The number of carbonyl (C=O) groups is 1. The van der Waals surface area contributed by atoms with Crippen LogP contribution in [-0.2, 0) is 0 Å². The number of nitro groups is 1. The van der Waals surface area contributed by atoms with Crippen LogP contribution in [0.5, 0.6) is 0 Å². The SMILES string of the molecule is CC1(O)CCN(C(=O)c2cc(N)ccc2[N+](=O)[O-])CC1. The molecule has 20 heavy (non-hydrogen) atoms. The molecule has 0 aliphatic carbocycles. The summed E-state index contributed by atoms with van der Waals surface area (Å²) in [5, 5.41) is 20.8. The summed E-state index contributed by atoms with van der Waals surface area (Å²) >= 11 is 0. The van der Waals surface area contributed by atoms with Crippen LogP contribution in [0.1, 0.15) is 30.1 Å². The van der Waals surface area contributed by atoms with Crippen molar-refractivity contribution in [2.75, 3.05) is 18.8 Å². The van der Waals surface area contributed by atoms with Crippen molar-refractivity contribution < 1.29 is 14.8 Å². The van der Waals surface area contributed by atoms with Crippen LogP contribution in [0.25, 0.3) is 0 Å². The minimum Gasteiger partial charge on any atom is -0.399 e. The number of hydrogen-bond donors (Lipinski definition) is 2. The predicted octanol–water partition coefficient (Wildman–Crippen LogP) is 1.16. The maximum Gasteiger partial charge on any atom is 0.282 e. The smallest absolute Gasteiger partial charge is 0.282 e. The van der Waals surface area contributed by atoms with Crippen LogP contribution >= 0.6 is 0 Å². The second-order valence-corrected chi connectivity index (χ2v) is 5.32. The Morgan fingerprint density at radius 3 is 2.60 bits per heavy atom. The van der Waals surface area contributed by atoms with Gasteiger partial charge >= 0.3 is 0 Å². The number of benzene rings is 1. The van der Waals surface area contributed by atoms with Gasteiger partial charge < -0.3 is 15.7 Å². The third kappa shape index (κ3) is 2.88. The number of nitrogen functional groups attached to an aromatic ring is 1. The van der Waals surface area contributed by atoms with E-state index in [2.05, 4.69) is 0 Å². The standard InChI is InChI=1S/C13H17N3O4/c1-13(18)4-6-15(7-5-13)12(17)10-8-9(14)2-3-11(10)16(19)20/h2-3,8,18H,4-7,14H2,1H3. The van der Waals surface area contributed by atoms with Gasteiger partial charge in [-0.2, -0.15) is 0 Å². The van der Waals surface area contributed by atoms with Crippen molar-refractivity contribution in [3.8, 4) is 0 Å². The van der Waals surface area contributed by atoms with Gasteiger partial charge in [0.15, 0.2) is 0 Å². The van der Waals surface area contributed by atoms with Gasteiger partial charge in [-0.15, -0.1) is 0 Å². The first kappa shape index (κ1) is 14.3. The number of piperidine rings is 1. The lowest BCUT2D eigenvalue weighted by atomic mass is 9.93. The van der Waals surface area contributed by atoms with E-state index in [1.165, 1.54) is 23.1 Å². The second kappa shape index (κ2) is 5.09. The number of aliphatic hydroxyl groups is 1. The summed E-state index contributed by atoms with van der Waals surface area (Å²) in [5.41, 5.74) is 4.88. The van der Waals surface area contributed by atoms with E-state index in [1.807, 2.05) is 0 Å². The normalized spacial score (nSPS) is 17.8. The predicted molar refractivity (Wildman–Crippen MR) is 73.3 cm³/mol. The molecule has 108 valence electrons. The van der Waals surface area contributed by atoms with Crippen molar-refractivity contribution in [2.45, 2.75) is 25.4 Å². The fraction of sp³-hybridized carbons (Fsp3) is 0.462. The Hall–Kier alpha value is -2.15. The van der Waals surface area contributed by atoms with E-state index < -0.39 is 16.4 Å². The molecule has 1 amide bonds. The molecule has 7 nitrogen and oxygen atoms in total. The number of amides is 1. The van der Waals surface area contributed by atoms with E-state index in [-0.39, 0.29) is 11.3 Å². The summed E-state index contributed by atoms with van der Waals surface area (Å²) in [6, 6.07) is 3.96. The summed E-state index contributed by atoms with van der Waals surface area (Å²) in [4.78, 5) is 24.3. The van der Waals surface area contributed by atoms with Crippen molar-refractivity contribution >= 4 is 17.3 Å². The lowest BCUT2D eigenvalue weighted by molar-refractivity contribution is -0.385. The molecule has 2 rings (SSSR count). The number of anilines is 1. The molecule has 1 aliphatic rings. The molecule has 0 bridgehead atoms. The minimum absolute atomic E-state index is 0.00320. The van der Waals surface area contributed by atoms with Gasteiger partial charge in [-0.05, 0) is 31.9 Å². The molecule has 1 saturated heterocycles. The molecule has 1 aromatic rings. The van der Waals surface area contributed by atoms with Crippen molar-refractivity contribution in [2.24, 2.45) is 0 Å². The average Bonchev–Trinajstić information content (AvgIpc) is 2.37. The van der Waals surface area contributed by atoms with Crippen LogP contribution in [-0.4, -0.2) is 39.5 Å². The van der Waals surface area contributed by atoms with Crippen LogP contribution in [0, 0.1) is 10.1 Å². The number of nitrogens with two attached hydrogens (primary N) is 1. The quantitative estimate of drug-likeness (QED) is 0.479. The maximum absolute atomic E-state index is 12.4. The molecule has 0 aromatic heterocycles. The largest absolute Gasteiger partial charge is 0.399 e.